The van der Waals surface area contributed by atoms with Gasteiger partial charge in [0.15, 0.2) is 0 Å². The van der Waals surface area contributed by atoms with Gasteiger partial charge in [0, 0.05) is 25.9 Å². The molecule has 0 N–H and O–H groups in total. The quantitative estimate of drug-likeness (QED) is 0.468. The summed E-state index contributed by atoms with van der Waals surface area (Å²) < 4.78 is 0. The Bertz CT molecular complexity index is 50.1. The number of nitriles is 1. The van der Waals surface area contributed by atoms with Gasteiger partial charge in [0.05, 0.1) is 6.07 Å². The van der Waals surface area contributed by atoms with E-state index in [4.69, 9.17) is 5.26 Å². The molecule has 0 bridgehead atoms. The van der Waals surface area contributed by atoms with Crippen LogP contribution < -0.4 is 17.0 Å². The monoisotopic (exact) mass is 211 g/mol. The molecule has 37 valence electrons. The van der Waals surface area contributed by atoms with Crippen molar-refractivity contribution in [2.45, 2.75) is 12.8 Å². The standard InChI is InChI=1S/C4H6N.BrH.Zn/c1-2-3-4-5;;/h1-3H2;1H;/p-1. The molecule has 0 unspecified atom stereocenters. The van der Waals surface area contributed by atoms with Gasteiger partial charge in [0.2, 0.25) is 0 Å². The van der Waals surface area contributed by atoms with E-state index in [1.165, 1.54) is 0 Å². The summed E-state index contributed by atoms with van der Waals surface area (Å²) >= 11 is 0. The van der Waals surface area contributed by atoms with E-state index in [-0.39, 0.29) is 36.5 Å². The summed E-state index contributed by atoms with van der Waals surface area (Å²) in [7, 11) is 0. The van der Waals surface area contributed by atoms with Gasteiger partial charge in [-0.1, -0.05) is 6.92 Å². The van der Waals surface area contributed by atoms with Gasteiger partial charge in [-0.25, -0.2) is 0 Å². The zero-order valence-corrected chi connectivity index (χ0v) is 8.71. The summed E-state index contributed by atoms with van der Waals surface area (Å²) in [5, 5.41) is 7.78. The van der Waals surface area contributed by atoms with E-state index >= 15 is 0 Å². The summed E-state index contributed by atoms with van der Waals surface area (Å²) in [4.78, 5) is 0. The van der Waals surface area contributed by atoms with Gasteiger partial charge < -0.3 is 17.0 Å². The molecule has 0 spiro atoms. The van der Waals surface area contributed by atoms with Crippen molar-refractivity contribution in [2.24, 2.45) is 0 Å². The van der Waals surface area contributed by atoms with Crippen molar-refractivity contribution in [3.63, 3.8) is 0 Å². The van der Waals surface area contributed by atoms with Crippen LogP contribution in [0.5, 0.6) is 0 Å². The van der Waals surface area contributed by atoms with Crippen molar-refractivity contribution in [3.05, 3.63) is 6.92 Å². The van der Waals surface area contributed by atoms with Crippen molar-refractivity contribution in [1.82, 2.24) is 0 Å². The zero-order valence-electron chi connectivity index (χ0n) is 4.15. The van der Waals surface area contributed by atoms with Crippen LogP contribution in [0.2, 0.25) is 0 Å². The first kappa shape index (κ1) is 15.6. The predicted molar refractivity (Wildman–Crippen MR) is 20.2 cm³/mol. The number of hydrogen-bond acceptors (Lipinski definition) is 1. The molecule has 0 fully saturated rings. The first-order chi connectivity index (χ1) is 2.41. The molecule has 0 aromatic carbocycles. The maximum Gasteiger partial charge on any atom is 0.0621 e. The van der Waals surface area contributed by atoms with Crippen LogP contribution in [0.15, 0.2) is 0 Å². The molecule has 0 saturated heterocycles. The van der Waals surface area contributed by atoms with Crippen molar-refractivity contribution < 1.29 is 36.5 Å². The minimum absolute atomic E-state index is 0. The molecule has 7 heavy (non-hydrogen) atoms. The molecule has 0 aliphatic heterocycles. The summed E-state index contributed by atoms with van der Waals surface area (Å²) in [5.41, 5.74) is 0. The third kappa shape index (κ3) is 20.7. The Morgan fingerprint density at radius 3 is 2.00 bits per heavy atom. The van der Waals surface area contributed by atoms with E-state index in [2.05, 4.69) is 6.92 Å². The largest absolute Gasteiger partial charge is 1.00 e. The predicted octanol–water partition coefficient (Wildman–Crippen LogP) is -1.87. The molecule has 0 aliphatic carbocycles. The van der Waals surface area contributed by atoms with E-state index in [0.29, 0.717) is 6.42 Å². The Morgan fingerprint density at radius 1 is 1.57 bits per heavy atom. The average Bonchev–Trinajstić information content (AvgIpc) is 1.41. The molecular formula is C4H6BrNZn-. The molecule has 0 aliphatic rings. The molecule has 3 heteroatoms. The summed E-state index contributed by atoms with van der Waals surface area (Å²) in [6.07, 6.45) is 1.32. The Kier molecular flexibility index (Phi) is 35.7. The van der Waals surface area contributed by atoms with Crippen LogP contribution in [0.1, 0.15) is 12.8 Å². The third-order valence-corrected chi connectivity index (χ3v) is 0.289. The van der Waals surface area contributed by atoms with Crippen LogP contribution in [0.4, 0.5) is 0 Å². The van der Waals surface area contributed by atoms with Crippen molar-refractivity contribution >= 4 is 0 Å². The SMILES string of the molecule is [Br-].[CH2]CCC#N.[Zn]. The fraction of sp³-hybridized carbons (Fsp3) is 0.500. The molecule has 0 aromatic heterocycles. The van der Waals surface area contributed by atoms with E-state index in [1.54, 1.807) is 0 Å². The summed E-state index contributed by atoms with van der Waals surface area (Å²) in [6.45, 7) is 3.45. The van der Waals surface area contributed by atoms with Gasteiger partial charge in [0.25, 0.3) is 0 Å². The van der Waals surface area contributed by atoms with Gasteiger partial charge in [0.1, 0.15) is 0 Å². The fourth-order valence-corrected chi connectivity index (χ4v) is 0.0791. The van der Waals surface area contributed by atoms with Crippen molar-refractivity contribution in [3.8, 4) is 6.07 Å². The summed E-state index contributed by atoms with van der Waals surface area (Å²) in [5.74, 6) is 0. The molecule has 0 saturated carbocycles. The Morgan fingerprint density at radius 2 is 2.00 bits per heavy atom. The normalized spacial score (nSPS) is 4.57. The van der Waals surface area contributed by atoms with E-state index in [9.17, 15) is 0 Å². The number of halogens is 1. The fourth-order valence-electron chi connectivity index (χ4n) is 0.0791. The van der Waals surface area contributed by atoms with E-state index in [1.807, 2.05) is 6.07 Å². The molecule has 0 atom stereocenters. The Labute approximate surface area is 67.6 Å². The first-order valence-corrected chi connectivity index (χ1v) is 1.58. The Balaban J connectivity index is -0.0000000800. The maximum atomic E-state index is 7.78. The molecule has 0 rings (SSSR count). The van der Waals surface area contributed by atoms with Gasteiger partial charge >= 0.3 is 0 Å². The minimum atomic E-state index is 0. The second kappa shape index (κ2) is 16.0. The van der Waals surface area contributed by atoms with Crippen LogP contribution in [-0.2, 0) is 19.5 Å². The van der Waals surface area contributed by atoms with Crippen molar-refractivity contribution in [2.75, 3.05) is 0 Å². The van der Waals surface area contributed by atoms with E-state index in [0.717, 1.165) is 6.42 Å². The van der Waals surface area contributed by atoms with Crippen molar-refractivity contribution in [1.29, 1.82) is 5.26 Å². The minimum Gasteiger partial charge on any atom is -1.00 e. The zero-order chi connectivity index (χ0) is 4.12. The van der Waals surface area contributed by atoms with Crippen LogP contribution in [0.3, 0.4) is 0 Å². The van der Waals surface area contributed by atoms with Gasteiger partial charge in [-0.05, 0) is 6.42 Å². The van der Waals surface area contributed by atoms with Crippen LogP contribution in [0, 0.1) is 18.3 Å². The van der Waals surface area contributed by atoms with Crippen LogP contribution in [0.25, 0.3) is 0 Å². The molecule has 0 heterocycles. The number of hydrogen-bond donors (Lipinski definition) is 0. The smallest absolute Gasteiger partial charge is 0.0621 e. The summed E-state index contributed by atoms with van der Waals surface area (Å²) in [6, 6.07) is 1.95. The second-order valence-corrected chi connectivity index (χ2v) is 0.762. The molecule has 1 radical (unpaired) electrons. The molecule has 0 aromatic rings. The molecule has 1 nitrogen and oxygen atoms in total. The van der Waals surface area contributed by atoms with Gasteiger partial charge in [-0.15, -0.1) is 0 Å². The van der Waals surface area contributed by atoms with Gasteiger partial charge in [-0.2, -0.15) is 5.26 Å². The van der Waals surface area contributed by atoms with Gasteiger partial charge in [-0.3, -0.25) is 0 Å². The number of unbranched alkanes of at least 4 members (excludes halogenated alkanes) is 1. The first-order valence-electron chi connectivity index (χ1n) is 1.58. The molecule has 0 amide bonds. The molecular weight excluding hydrogens is 207 g/mol. The Hall–Kier alpha value is 0.593. The maximum absolute atomic E-state index is 7.78. The van der Waals surface area contributed by atoms with Crippen LogP contribution >= 0.6 is 0 Å². The second-order valence-electron chi connectivity index (χ2n) is 0.762. The third-order valence-electron chi connectivity index (χ3n) is 0.289. The van der Waals surface area contributed by atoms with E-state index < -0.39 is 0 Å². The topological polar surface area (TPSA) is 23.8 Å². The number of rotatable bonds is 1. The number of nitrogens with zero attached hydrogens (tertiary/aromatic N) is 1. The van der Waals surface area contributed by atoms with Crippen LogP contribution in [-0.4, -0.2) is 0 Å². The average molecular weight is 213 g/mol.